The molecule has 1 aliphatic heterocycles. The normalized spacial score (nSPS) is 14.4. The Morgan fingerprint density at radius 2 is 2.06 bits per heavy atom. The van der Waals surface area contributed by atoms with Crippen molar-refractivity contribution in [1.29, 1.82) is 5.26 Å². The summed E-state index contributed by atoms with van der Waals surface area (Å²) < 4.78 is 7.66. The van der Waals surface area contributed by atoms with Crippen LogP contribution in [0.1, 0.15) is 36.6 Å². The Morgan fingerprint density at radius 3 is 2.74 bits per heavy atom. The van der Waals surface area contributed by atoms with E-state index in [0.29, 0.717) is 30.4 Å². The molecule has 1 aliphatic rings. The first-order valence-corrected chi connectivity index (χ1v) is 11.3. The topological polar surface area (TPSA) is 108 Å². The molecule has 172 valence electrons. The summed E-state index contributed by atoms with van der Waals surface area (Å²) in [5.41, 5.74) is 5.42. The van der Waals surface area contributed by atoms with E-state index in [0.717, 1.165) is 39.7 Å². The third-order valence-electron chi connectivity index (χ3n) is 6.43. The molecule has 0 saturated carbocycles. The third-order valence-corrected chi connectivity index (χ3v) is 6.43. The summed E-state index contributed by atoms with van der Waals surface area (Å²) in [5.74, 6) is -0.0714. The summed E-state index contributed by atoms with van der Waals surface area (Å²) in [6.45, 7) is 8.07. The highest BCUT2D eigenvalue weighted by Crippen LogP contribution is 2.31. The number of aryl methyl sites for hydroxylation is 1. The van der Waals surface area contributed by atoms with E-state index < -0.39 is 5.97 Å². The van der Waals surface area contributed by atoms with Crippen molar-refractivity contribution < 1.29 is 14.4 Å². The van der Waals surface area contributed by atoms with Crippen molar-refractivity contribution in [2.24, 2.45) is 5.92 Å². The first kappa shape index (κ1) is 21.9. The molecular weight excluding hydrogens is 430 g/mol. The standard InChI is InChI=1S/C26H25N5O3/c1-15(2)31-14-19(10-27)22-9-18(5-7-23(22)31)25-28-24(29-34-25)21-6-4-17(8-16(21)3)11-30-12-20(13-30)26(32)33/h4-9,14-15,20H,11-13H2,1-3H3,(H,32,33). The van der Waals surface area contributed by atoms with Gasteiger partial charge in [0.2, 0.25) is 5.82 Å². The Bertz CT molecular complexity index is 1440. The average Bonchev–Trinajstić information content (AvgIpc) is 3.40. The van der Waals surface area contributed by atoms with Gasteiger partial charge in [-0.25, -0.2) is 0 Å². The summed E-state index contributed by atoms with van der Waals surface area (Å²) in [7, 11) is 0. The molecule has 5 rings (SSSR count). The van der Waals surface area contributed by atoms with Crippen LogP contribution in [0, 0.1) is 24.2 Å². The lowest BCUT2D eigenvalue weighted by atomic mass is 9.98. The lowest BCUT2D eigenvalue weighted by Crippen LogP contribution is -2.49. The molecule has 2 aromatic heterocycles. The zero-order valence-corrected chi connectivity index (χ0v) is 19.3. The van der Waals surface area contributed by atoms with Crippen LogP contribution in [-0.4, -0.2) is 43.8 Å². The molecule has 0 unspecified atom stereocenters. The molecule has 0 atom stereocenters. The van der Waals surface area contributed by atoms with Crippen molar-refractivity contribution in [3.8, 4) is 28.9 Å². The highest BCUT2D eigenvalue weighted by molar-refractivity contribution is 5.90. The van der Waals surface area contributed by atoms with Gasteiger partial charge < -0.3 is 14.2 Å². The molecule has 1 saturated heterocycles. The van der Waals surface area contributed by atoms with Gasteiger partial charge in [-0.15, -0.1) is 0 Å². The molecule has 4 aromatic rings. The second kappa shape index (κ2) is 8.43. The predicted octanol–water partition coefficient (Wildman–Crippen LogP) is 4.64. The van der Waals surface area contributed by atoms with Gasteiger partial charge in [0, 0.05) is 53.9 Å². The van der Waals surface area contributed by atoms with Gasteiger partial charge in [0.1, 0.15) is 6.07 Å². The molecule has 34 heavy (non-hydrogen) atoms. The quantitative estimate of drug-likeness (QED) is 0.451. The van der Waals surface area contributed by atoms with Crippen LogP contribution in [0.25, 0.3) is 33.7 Å². The van der Waals surface area contributed by atoms with Gasteiger partial charge in [-0.1, -0.05) is 23.4 Å². The zero-order chi connectivity index (χ0) is 24.0. The largest absolute Gasteiger partial charge is 0.481 e. The fourth-order valence-electron chi connectivity index (χ4n) is 4.54. The molecule has 0 aliphatic carbocycles. The minimum Gasteiger partial charge on any atom is -0.481 e. The summed E-state index contributed by atoms with van der Waals surface area (Å²) in [6.07, 6.45) is 1.88. The molecule has 3 heterocycles. The lowest BCUT2D eigenvalue weighted by Gasteiger charge is -2.36. The van der Waals surface area contributed by atoms with Crippen LogP contribution in [0.4, 0.5) is 0 Å². The van der Waals surface area contributed by atoms with E-state index in [4.69, 9.17) is 9.63 Å². The van der Waals surface area contributed by atoms with Crippen LogP contribution in [-0.2, 0) is 11.3 Å². The zero-order valence-electron chi connectivity index (χ0n) is 19.3. The summed E-state index contributed by atoms with van der Waals surface area (Å²) in [6, 6.07) is 14.5. The number of carboxylic acid groups (broad SMARTS) is 1. The fourth-order valence-corrected chi connectivity index (χ4v) is 4.54. The van der Waals surface area contributed by atoms with Gasteiger partial charge in [-0.2, -0.15) is 10.2 Å². The number of carbonyl (C=O) groups is 1. The minimum atomic E-state index is -0.726. The Labute approximate surface area is 197 Å². The molecule has 0 radical (unpaired) electrons. The summed E-state index contributed by atoms with van der Waals surface area (Å²) in [5, 5.41) is 23.7. The Balaban J connectivity index is 1.38. The molecule has 1 N–H and O–H groups in total. The second-order valence-electron chi connectivity index (χ2n) is 9.19. The number of hydrogen-bond acceptors (Lipinski definition) is 6. The second-order valence-corrected chi connectivity index (χ2v) is 9.19. The fraction of sp³-hybridized carbons (Fsp3) is 0.308. The van der Waals surface area contributed by atoms with Crippen molar-refractivity contribution in [1.82, 2.24) is 19.6 Å². The molecule has 0 spiro atoms. The monoisotopic (exact) mass is 455 g/mol. The third kappa shape index (κ3) is 3.84. The van der Waals surface area contributed by atoms with E-state index in [1.165, 1.54) is 0 Å². The Kier molecular flexibility index (Phi) is 5.42. The first-order chi connectivity index (χ1) is 16.3. The Morgan fingerprint density at radius 1 is 1.26 bits per heavy atom. The maximum Gasteiger partial charge on any atom is 0.309 e. The molecule has 8 nitrogen and oxygen atoms in total. The smallest absolute Gasteiger partial charge is 0.309 e. The number of hydrogen-bond donors (Lipinski definition) is 1. The van der Waals surface area contributed by atoms with Crippen molar-refractivity contribution in [3.05, 3.63) is 59.3 Å². The first-order valence-electron chi connectivity index (χ1n) is 11.3. The number of nitrogens with zero attached hydrogens (tertiary/aromatic N) is 5. The number of rotatable bonds is 6. The molecular formula is C26H25N5O3. The van der Waals surface area contributed by atoms with Crippen LogP contribution in [0.2, 0.25) is 0 Å². The Hall–Kier alpha value is -3.96. The van der Waals surface area contributed by atoms with Crippen molar-refractivity contribution in [3.63, 3.8) is 0 Å². The van der Waals surface area contributed by atoms with Gasteiger partial charge >= 0.3 is 5.97 Å². The molecule has 8 heteroatoms. The number of fused-ring (bicyclic) bond motifs is 1. The summed E-state index contributed by atoms with van der Waals surface area (Å²) in [4.78, 5) is 17.7. The van der Waals surface area contributed by atoms with Crippen LogP contribution >= 0.6 is 0 Å². The van der Waals surface area contributed by atoms with Crippen molar-refractivity contribution >= 4 is 16.9 Å². The van der Waals surface area contributed by atoms with E-state index >= 15 is 0 Å². The van der Waals surface area contributed by atoms with Crippen LogP contribution in [0.15, 0.2) is 47.1 Å². The highest BCUT2D eigenvalue weighted by Gasteiger charge is 2.32. The summed E-state index contributed by atoms with van der Waals surface area (Å²) >= 11 is 0. The molecule has 1 fully saturated rings. The van der Waals surface area contributed by atoms with Crippen molar-refractivity contribution in [2.75, 3.05) is 13.1 Å². The van der Waals surface area contributed by atoms with Gasteiger partial charge in [0.05, 0.1) is 11.5 Å². The van der Waals surface area contributed by atoms with Gasteiger partial charge in [-0.3, -0.25) is 9.69 Å². The van der Waals surface area contributed by atoms with Gasteiger partial charge in [0.15, 0.2) is 0 Å². The number of nitriles is 1. The SMILES string of the molecule is Cc1cc(CN2CC(C(=O)O)C2)ccc1-c1noc(-c2ccc3c(c2)c(C#N)cn3C(C)C)n1. The van der Waals surface area contributed by atoms with Crippen LogP contribution in [0.3, 0.4) is 0 Å². The predicted molar refractivity (Wildman–Crippen MR) is 127 cm³/mol. The maximum absolute atomic E-state index is 11.0. The lowest BCUT2D eigenvalue weighted by molar-refractivity contribution is -0.147. The van der Waals surface area contributed by atoms with Crippen LogP contribution in [0.5, 0.6) is 0 Å². The van der Waals surface area contributed by atoms with Gasteiger partial charge in [-0.05, 0) is 50.1 Å². The maximum atomic E-state index is 11.0. The minimum absolute atomic E-state index is 0.246. The molecule has 0 bridgehead atoms. The van der Waals surface area contributed by atoms with E-state index in [2.05, 4.69) is 45.6 Å². The van der Waals surface area contributed by atoms with Crippen LogP contribution < -0.4 is 0 Å². The van der Waals surface area contributed by atoms with Crippen molar-refractivity contribution in [2.45, 2.75) is 33.4 Å². The van der Waals surface area contributed by atoms with E-state index in [1.54, 1.807) is 0 Å². The molecule has 0 amide bonds. The highest BCUT2D eigenvalue weighted by atomic mass is 16.5. The van der Waals surface area contributed by atoms with Gasteiger partial charge in [0.25, 0.3) is 5.89 Å². The number of aliphatic carboxylic acids is 1. The van der Waals surface area contributed by atoms with E-state index in [1.807, 2.05) is 43.5 Å². The molecule has 2 aromatic carbocycles. The van der Waals surface area contributed by atoms with E-state index in [9.17, 15) is 10.1 Å². The number of aromatic nitrogens is 3. The number of benzene rings is 2. The number of carboxylic acids is 1. The van der Waals surface area contributed by atoms with E-state index in [-0.39, 0.29) is 12.0 Å². The average molecular weight is 456 g/mol. The number of likely N-dealkylation sites (tertiary alicyclic amines) is 1.